The molecule has 0 spiro atoms. The molecule has 0 aliphatic carbocycles. The molecular weight excluding hydrogens is 272 g/mol. The normalized spacial score (nSPS) is 20.3. The van der Waals surface area contributed by atoms with Crippen LogP contribution in [0.15, 0.2) is 18.2 Å². The van der Waals surface area contributed by atoms with Gasteiger partial charge in [-0.05, 0) is 36.4 Å². The van der Waals surface area contributed by atoms with E-state index in [1.165, 1.54) is 0 Å². The second-order valence-corrected chi connectivity index (χ2v) is 6.38. The van der Waals surface area contributed by atoms with Crippen LogP contribution in [-0.2, 0) is 4.79 Å². The van der Waals surface area contributed by atoms with Crippen molar-refractivity contribution in [1.29, 1.82) is 0 Å². The van der Waals surface area contributed by atoms with E-state index in [-0.39, 0.29) is 12.1 Å². The molecule has 20 heavy (non-hydrogen) atoms. The highest BCUT2D eigenvalue weighted by Gasteiger charge is 2.32. The van der Waals surface area contributed by atoms with E-state index in [9.17, 15) is 4.79 Å². The maximum absolute atomic E-state index is 12.0. The number of ether oxygens (including phenoxy) is 1. The molecule has 1 fully saturated rings. The first kappa shape index (κ1) is 15.2. The Morgan fingerprint density at radius 3 is 2.90 bits per heavy atom. The number of carbonyl (C=O) groups excluding carboxylic acids is 1. The highest BCUT2D eigenvalue weighted by molar-refractivity contribution is 7.99. The zero-order valence-corrected chi connectivity index (χ0v) is 13.3. The largest absolute Gasteiger partial charge is 0.496 e. The van der Waals surface area contributed by atoms with Gasteiger partial charge in [0, 0.05) is 11.8 Å². The van der Waals surface area contributed by atoms with Gasteiger partial charge in [0.1, 0.15) is 11.9 Å². The number of amides is 1. The van der Waals surface area contributed by atoms with Crippen LogP contribution in [0.25, 0.3) is 0 Å². The molecule has 1 aliphatic rings. The minimum absolute atomic E-state index is 0.0262. The summed E-state index contributed by atoms with van der Waals surface area (Å²) in [6, 6.07) is 6.08. The van der Waals surface area contributed by atoms with E-state index >= 15 is 0 Å². The standard InChI is InChI=1S/C15H22N2O2S/c1-10-7-12(5-6-13(10)19-3)15-16-8-14(18)17(15)9-11(2)20-4/h5-7,11,15-16H,8-9H2,1-4H3. The van der Waals surface area contributed by atoms with Crippen LogP contribution in [0.4, 0.5) is 0 Å². The van der Waals surface area contributed by atoms with Crippen molar-refractivity contribution in [2.24, 2.45) is 0 Å². The van der Waals surface area contributed by atoms with Crippen LogP contribution in [0.5, 0.6) is 5.75 Å². The molecule has 2 unspecified atom stereocenters. The van der Waals surface area contributed by atoms with Crippen molar-refractivity contribution in [1.82, 2.24) is 10.2 Å². The Labute approximate surface area is 124 Å². The van der Waals surface area contributed by atoms with E-state index in [1.807, 2.05) is 24.0 Å². The summed E-state index contributed by atoms with van der Waals surface area (Å²) in [4.78, 5) is 14.0. The summed E-state index contributed by atoms with van der Waals surface area (Å²) in [6.07, 6.45) is 2.05. The summed E-state index contributed by atoms with van der Waals surface area (Å²) in [5, 5.41) is 3.72. The lowest BCUT2D eigenvalue weighted by molar-refractivity contribution is -0.128. The van der Waals surface area contributed by atoms with Gasteiger partial charge in [-0.25, -0.2) is 0 Å². The molecule has 0 bridgehead atoms. The number of thioether (sulfide) groups is 1. The predicted molar refractivity (Wildman–Crippen MR) is 83.2 cm³/mol. The van der Waals surface area contributed by atoms with Gasteiger partial charge in [-0.2, -0.15) is 11.8 Å². The minimum Gasteiger partial charge on any atom is -0.496 e. The quantitative estimate of drug-likeness (QED) is 0.904. The molecule has 5 heteroatoms. The minimum atomic E-state index is -0.0262. The van der Waals surface area contributed by atoms with Gasteiger partial charge in [0.15, 0.2) is 0 Å². The van der Waals surface area contributed by atoms with Gasteiger partial charge < -0.3 is 9.64 Å². The molecule has 1 heterocycles. The van der Waals surface area contributed by atoms with Crippen molar-refractivity contribution in [2.75, 3.05) is 26.5 Å². The third kappa shape index (κ3) is 3.10. The lowest BCUT2D eigenvalue weighted by atomic mass is 10.1. The Hall–Kier alpha value is -1.20. The van der Waals surface area contributed by atoms with E-state index in [0.717, 1.165) is 23.4 Å². The van der Waals surface area contributed by atoms with Crippen LogP contribution in [0.2, 0.25) is 0 Å². The van der Waals surface area contributed by atoms with Crippen molar-refractivity contribution < 1.29 is 9.53 Å². The summed E-state index contributed by atoms with van der Waals surface area (Å²) < 4.78 is 5.29. The molecule has 0 aromatic heterocycles. The van der Waals surface area contributed by atoms with Crippen LogP contribution in [0, 0.1) is 6.92 Å². The van der Waals surface area contributed by atoms with Gasteiger partial charge in [0.2, 0.25) is 5.91 Å². The smallest absolute Gasteiger partial charge is 0.238 e. The van der Waals surface area contributed by atoms with Crippen LogP contribution < -0.4 is 10.1 Å². The molecule has 4 nitrogen and oxygen atoms in total. The Morgan fingerprint density at radius 1 is 1.55 bits per heavy atom. The second kappa shape index (κ2) is 6.50. The highest BCUT2D eigenvalue weighted by atomic mass is 32.2. The molecular formula is C15H22N2O2S. The molecule has 0 radical (unpaired) electrons. The predicted octanol–water partition coefficient (Wildman–Crippen LogP) is 2.19. The number of methoxy groups -OCH3 is 1. The first-order valence-electron chi connectivity index (χ1n) is 6.77. The maximum Gasteiger partial charge on any atom is 0.238 e. The molecule has 1 aliphatic heterocycles. The zero-order valence-electron chi connectivity index (χ0n) is 12.5. The summed E-state index contributed by atoms with van der Waals surface area (Å²) in [5.74, 6) is 1.05. The number of benzene rings is 1. The van der Waals surface area contributed by atoms with Crippen LogP contribution in [0.3, 0.4) is 0 Å². The first-order chi connectivity index (χ1) is 9.56. The van der Waals surface area contributed by atoms with E-state index < -0.39 is 0 Å². The monoisotopic (exact) mass is 294 g/mol. The Kier molecular flexibility index (Phi) is 4.94. The van der Waals surface area contributed by atoms with Crippen LogP contribution in [-0.4, -0.2) is 42.5 Å². The Morgan fingerprint density at radius 2 is 2.30 bits per heavy atom. The Balaban J connectivity index is 2.21. The zero-order chi connectivity index (χ0) is 14.7. The van der Waals surface area contributed by atoms with E-state index in [4.69, 9.17) is 4.74 Å². The van der Waals surface area contributed by atoms with Crippen LogP contribution >= 0.6 is 11.8 Å². The third-order valence-corrected chi connectivity index (χ3v) is 4.62. The third-order valence-electron chi connectivity index (χ3n) is 3.67. The Bertz CT molecular complexity index is 493. The van der Waals surface area contributed by atoms with Gasteiger partial charge in [0.25, 0.3) is 0 Å². The van der Waals surface area contributed by atoms with Gasteiger partial charge in [-0.3, -0.25) is 10.1 Å². The molecule has 1 N–H and O–H groups in total. The van der Waals surface area contributed by atoms with Crippen molar-refractivity contribution in [2.45, 2.75) is 25.3 Å². The fourth-order valence-electron chi connectivity index (χ4n) is 2.47. The number of nitrogens with one attached hydrogen (secondary N) is 1. The number of rotatable bonds is 5. The lowest BCUT2D eigenvalue weighted by Gasteiger charge is -2.27. The van der Waals surface area contributed by atoms with Crippen molar-refractivity contribution in [3.05, 3.63) is 29.3 Å². The average Bonchev–Trinajstić information content (AvgIpc) is 2.80. The topological polar surface area (TPSA) is 41.6 Å². The highest BCUT2D eigenvalue weighted by Crippen LogP contribution is 2.28. The lowest BCUT2D eigenvalue weighted by Crippen LogP contribution is -2.35. The molecule has 0 saturated carbocycles. The summed E-state index contributed by atoms with van der Waals surface area (Å²) in [6.45, 7) is 5.35. The molecule has 1 saturated heterocycles. The van der Waals surface area contributed by atoms with Crippen molar-refractivity contribution in [3.8, 4) is 5.75 Å². The number of nitrogens with zero attached hydrogens (tertiary/aromatic N) is 1. The first-order valence-corrected chi connectivity index (χ1v) is 8.05. The van der Waals surface area contributed by atoms with Crippen LogP contribution in [0.1, 0.15) is 24.2 Å². The van der Waals surface area contributed by atoms with Gasteiger partial charge >= 0.3 is 0 Å². The fraction of sp³-hybridized carbons (Fsp3) is 0.533. The van der Waals surface area contributed by atoms with Gasteiger partial charge in [0.05, 0.1) is 13.7 Å². The molecule has 110 valence electrons. The van der Waals surface area contributed by atoms with Gasteiger partial charge in [-0.15, -0.1) is 0 Å². The molecule has 2 atom stereocenters. The SMILES string of the molecule is COc1ccc(C2NCC(=O)N2CC(C)SC)cc1C. The van der Waals surface area contributed by atoms with Gasteiger partial charge in [-0.1, -0.05) is 13.0 Å². The molecule has 1 aromatic rings. The van der Waals surface area contributed by atoms with E-state index in [2.05, 4.69) is 24.6 Å². The number of carbonyl (C=O) groups is 1. The molecule has 1 aromatic carbocycles. The number of hydrogen-bond donors (Lipinski definition) is 1. The summed E-state index contributed by atoms with van der Waals surface area (Å²) >= 11 is 1.78. The van der Waals surface area contributed by atoms with Crippen molar-refractivity contribution >= 4 is 17.7 Å². The number of hydrogen-bond acceptors (Lipinski definition) is 4. The summed E-state index contributed by atoms with van der Waals surface area (Å²) in [5.41, 5.74) is 2.20. The van der Waals surface area contributed by atoms with E-state index in [0.29, 0.717) is 11.8 Å². The van der Waals surface area contributed by atoms with Crippen molar-refractivity contribution in [3.63, 3.8) is 0 Å². The molecule has 2 rings (SSSR count). The number of aryl methyl sites for hydroxylation is 1. The fourth-order valence-corrected chi connectivity index (χ4v) is 2.78. The maximum atomic E-state index is 12.0. The second-order valence-electron chi connectivity index (χ2n) is 5.10. The van der Waals surface area contributed by atoms with E-state index in [1.54, 1.807) is 18.9 Å². The average molecular weight is 294 g/mol. The summed E-state index contributed by atoms with van der Waals surface area (Å²) in [7, 11) is 1.67. The molecule has 1 amide bonds.